The summed E-state index contributed by atoms with van der Waals surface area (Å²) >= 11 is 0. The molecule has 0 saturated carbocycles. The van der Waals surface area contributed by atoms with Crippen LogP contribution in [0.2, 0.25) is 0 Å². The Bertz CT molecular complexity index is 400. The minimum Gasteiger partial charge on any atom is -0.387 e. The van der Waals surface area contributed by atoms with Crippen LogP contribution in [0.25, 0.3) is 0 Å². The summed E-state index contributed by atoms with van der Waals surface area (Å²) in [6.07, 6.45) is -0.323. The lowest BCUT2D eigenvalue weighted by atomic mass is 10.1. The zero-order chi connectivity index (χ0) is 13.2. The lowest BCUT2D eigenvalue weighted by Gasteiger charge is -2.11. The summed E-state index contributed by atoms with van der Waals surface area (Å²) in [5, 5.41) is 23.6. The van der Waals surface area contributed by atoms with Crippen LogP contribution in [-0.2, 0) is 4.79 Å². The molecule has 1 rings (SSSR count). The number of benzene rings is 1. The molecule has 3 N–H and O–H groups in total. The van der Waals surface area contributed by atoms with Crippen molar-refractivity contribution in [3.8, 4) is 6.07 Å². The summed E-state index contributed by atoms with van der Waals surface area (Å²) in [6.45, 7) is 0.809. The molecule has 1 atom stereocenters. The molecule has 0 saturated heterocycles. The Kier molecular flexibility index (Phi) is 6.47. The summed E-state index contributed by atoms with van der Waals surface area (Å²) in [4.78, 5) is 11.3. The molecular weight excluding hydrogens is 230 g/mol. The number of aliphatic hydroxyl groups is 1. The Morgan fingerprint density at radius 2 is 2.11 bits per heavy atom. The van der Waals surface area contributed by atoms with Crippen molar-refractivity contribution in [2.24, 2.45) is 0 Å². The van der Waals surface area contributed by atoms with Crippen LogP contribution in [0.1, 0.15) is 18.1 Å². The van der Waals surface area contributed by atoms with Gasteiger partial charge in [-0.25, -0.2) is 0 Å². The van der Waals surface area contributed by atoms with E-state index in [1.165, 1.54) is 0 Å². The van der Waals surface area contributed by atoms with Gasteiger partial charge in [-0.2, -0.15) is 5.26 Å². The highest BCUT2D eigenvalue weighted by Gasteiger charge is 2.07. The molecule has 0 radical (unpaired) electrons. The zero-order valence-electron chi connectivity index (χ0n) is 10.1. The number of hydrogen-bond acceptors (Lipinski definition) is 4. The molecular formula is C13H17N3O2. The lowest BCUT2D eigenvalue weighted by Crippen LogP contribution is -2.36. The fraction of sp³-hybridized carbons (Fsp3) is 0.385. The van der Waals surface area contributed by atoms with Crippen molar-refractivity contribution in [2.75, 3.05) is 19.6 Å². The van der Waals surface area contributed by atoms with E-state index in [1.54, 1.807) is 0 Å². The second-order valence-electron chi connectivity index (χ2n) is 3.82. The molecule has 5 heteroatoms. The molecule has 5 nitrogen and oxygen atoms in total. The highest BCUT2D eigenvalue weighted by Crippen LogP contribution is 2.09. The molecule has 0 fully saturated rings. The minimum absolute atomic E-state index is 0.134. The van der Waals surface area contributed by atoms with Crippen molar-refractivity contribution in [3.05, 3.63) is 35.9 Å². The molecule has 96 valence electrons. The van der Waals surface area contributed by atoms with Crippen LogP contribution < -0.4 is 10.6 Å². The molecule has 1 unspecified atom stereocenters. The number of nitrogens with one attached hydrogen (secondary N) is 2. The number of aliphatic hydroxyl groups excluding tert-OH is 1. The fourth-order valence-corrected chi connectivity index (χ4v) is 1.44. The number of rotatable bonds is 7. The summed E-state index contributed by atoms with van der Waals surface area (Å²) in [6, 6.07) is 11.2. The van der Waals surface area contributed by atoms with Gasteiger partial charge in [0.05, 0.1) is 25.1 Å². The molecule has 1 aromatic rings. The van der Waals surface area contributed by atoms with Crippen molar-refractivity contribution in [1.29, 1.82) is 5.26 Å². The van der Waals surface area contributed by atoms with Crippen molar-refractivity contribution in [3.63, 3.8) is 0 Å². The predicted octanol–water partition coefficient (Wildman–Crippen LogP) is 0.339. The number of carbonyl (C=O) groups excluding carboxylic acids is 1. The zero-order valence-corrected chi connectivity index (χ0v) is 10.1. The molecule has 0 heterocycles. The molecule has 0 spiro atoms. The van der Waals surface area contributed by atoms with Crippen molar-refractivity contribution in [1.82, 2.24) is 10.6 Å². The molecule has 0 bridgehead atoms. The van der Waals surface area contributed by atoms with E-state index in [1.807, 2.05) is 36.4 Å². The summed E-state index contributed by atoms with van der Waals surface area (Å²) < 4.78 is 0. The number of nitrogens with zero attached hydrogens (tertiary/aromatic N) is 1. The van der Waals surface area contributed by atoms with Crippen molar-refractivity contribution < 1.29 is 9.90 Å². The Morgan fingerprint density at radius 1 is 1.39 bits per heavy atom. The van der Waals surface area contributed by atoms with Gasteiger partial charge >= 0.3 is 0 Å². The van der Waals surface area contributed by atoms with Crippen LogP contribution in [0.3, 0.4) is 0 Å². The largest absolute Gasteiger partial charge is 0.387 e. The van der Waals surface area contributed by atoms with E-state index in [0.29, 0.717) is 19.5 Å². The van der Waals surface area contributed by atoms with Crippen molar-refractivity contribution in [2.45, 2.75) is 12.5 Å². The molecule has 0 aliphatic carbocycles. The summed E-state index contributed by atoms with van der Waals surface area (Å²) in [7, 11) is 0. The van der Waals surface area contributed by atoms with Gasteiger partial charge in [-0.3, -0.25) is 4.79 Å². The SMILES string of the molecule is N#CCCNC(=O)CNCC(O)c1ccccc1. The van der Waals surface area contributed by atoms with Gasteiger partial charge < -0.3 is 15.7 Å². The number of amides is 1. The van der Waals surface area contributed by atoms with E-state index in [9.17, 15) is 9.90 Å². The van der Waals surface area contributed by atoms with E-state index in [-0.39, 0.29) is 12.5 Å². The summed E-state index contributed by atoms with van der Waals surface area (Å²) in [5.41, 5.74) is 0.815. The first kappa shape index (κ1) is 14.2. The molecule has 0 aliphatic rings. The van der Waals surface area contributed by atoms with E-state index in [4.69, 9.17) is 5.26 Å². The minimum atomic E-state index is -0.627. The number of carbonyl (C=O) groups is 1. The van der Waals surface area contributed by atoms with Crippen LogP contribution in [0.5, 0.6) is 0 Å². The second kappa shape index (κ2) is 8.23. The van der Waals surface area contributed by atoms with Crippen LogP contribution in [-0.4, -0.2) is 30.6 Å². The van der Waals surface area contributed by atoms with Gasteiger partial charge in [0.25, 0.3) is 0 Å². The Labute approximate surface area is 106 Å². The van der Waals surface area contributed by atoms with Gasteiger partial charge in [0, 0.05) is 13.1 Å². The average molecular weight is 247 g/mol. The molecule has 18 heavy (non-hydrogen) atoms. The van der Waals surface area contributed by atoms with Gasteiger partial charge in [0.15, 0.2) is 0 Å². The first-order chi connectivity index (χ1) is 8.74. The van der Waals surface area contributed by atoms with Crippen LogP contribution in [0, 0.1) is 11.3 Å². The maximum Gasteiger partial charge on any atom is 0.233 e. The average Bonchev–Trinajstić information content (AvgIpc) is 2.40. The Hall–Kier alpha value is -1.90. The van der Waals surface area contributed by atoms with Crippen molar-refractivity contribution >= 4 is 5.91 Å². The predicted molar refractivity (Wildman–Crippen MR) is 67.5 cm³/mol. The third-order valence-electron chi connectivity index (χ3n) is 2.37. The Balaban J connectivity index is 2.18. The quantitative estimate of drug-likeness (QED) is 0.606. The highest BCUT2D eigenvalue weighted by atomic mass is 16.3. The maximum atomic E-state index is 11.3. The molecule has 1 amide bonds. The second-order valence-corrected chi connectivity index (χ2v) is 3.82. The smallest absolute Gasteiger partial charge is 0.233 e. The fourth-order valence-electron chi connectivity index (χ4n) is 1.44. The first-order valence-electron chi connectivity index (χ1n) is 5.81. The topological polar surface area (TPSA) is 85.2 Å². The van der Waals surface area contributed by atoms with Gasteiger partial charge in [-0.15, -0.1) is 0 Å². The van der Waals surface area contributed by atoms with Gasteiger partial charge in [0.2, 0.25) is 5.91 Å². The van der Waals surface area contributed by atoms with E-state index in [0.717, 1.165) is 5.56 Å². The lowest BCUT2D eigenvalue weighted by molar-refractivity contribution is -0.120. The van der Waals surface area contributed by atoms with Crippen LogP contribution in [0.15, 0.2) is 30.3 Å². The third-order valence-corrected chi connectivity index (χ3v) is 2.37. The Morgan fingerprint density at radius 3 is 2.78 bits per heavy atom. The van der Waals surface area contributed by atoms with Gasteiger partial charge in [-0.05, 0) is 5.56 Å². The van der Waals surface area contributed by atoms with Gasteiger partial charge in [0.1, 0.15) is 0 Å². The third kappa shape index (κ3) is 5.43. The van der Waals surface area contributed by atoms with E-state index < -0.39 is 6.10 Å². The summed E-state index contributed by atoms with van der Waals surface area (Å²) in [5.74, 6) is -0.175. The number of hydrogen-bond donors (Lipinski definition) is 3. The van der Waals surface area contributed by atoms with E-state index >= 15 is 0 Å². The van der Waals surface area contributed by atoms with Crippen LogP contribution in [0.4, 0.5) is 0 Å². The van der Waals surface area contributed by atoms with Crippen LogP contribution >= 0.6 is 0 Å². The first-order valence-corrected chi connectivity index (χ1v) is 5.81. The maximum absolute atomic E-state index is 11.3. The highest BCUT2D eigenvalue weighted by molar-refractivity contribution is 5.77. The standard InChI is InChI=1S/C13H17N3O2/c14-7-4-8-16-13(18)10-15-9-12(17)11-5-2-1-3-6-11/h1-3,5-6,12,15,17H,4,8-10H2,(H,16,18). The molecule has 0 aliphatic heterocycles. The van der Waals surface area contributed by atoms with E-state index in [2.05, 4.69) is 10.6 Å². The molecule has 1 aromatic carbocycles. The van der Waals surface area contributed by atoms with Gasteiger partial charge in [-0.1, -0.05) is 30.3 Å². The normalized spacial score (nSPS) is 11.6. The number of nitriles is 1. The monoisotopic (exact) mass is 247 g/mol. The molecule has 0 aromatic heterocycles.